The van der Waals surface area contributed by atoms with E-state index in [9.17, 15) is 0 Å². The number of nitrogens with zero attached hydrogens (tertiary/aromatic N) is 4. The molecule has 0 radical (unpaired) electrons. The van der Waals surface area contributed by atoms with E-state index < -0.39 is 0 Å². The Morgan fingerprint density at radius 1 is 0.955 bits per heavy atom. The molecule has 0 spiro atoms. The van der Waals surface area contributed by atoms with Crippen molar-refractivity contribution < 1.29 is 0 Å². The fraction of sp³-hybridized carbons (Fsp3) is 0.556. The first-order valence-electron chi connectivity index (χ1n) is 8.38. The molecule has 1 aromatic carbocycles. The van der Waals surface area contributed by atoms with Crippen molar-refractivity contribution in [2.45, 2.75) is 52.0 Å². The van der Waals surface area contributed by atoms with Crippen LogP contribution >= 0.6 is 0 Å². The average Bonchev–Trinajstić information content (AvgIpc) is 3.00. The third-order valence-corrected chi connectivity index (χ3v) is 3.96. The molecule has 120 valence electrons. The van der Waals surface area contributed by atoms with E-state index in [4.69, 9.17) is 0 Å². The number of aromatic nitrogens is 3. The minimum atomic E-state index is 0.955. The van der Waals surface area contributed by atoms with Crippen molar-refractivity contribution >= 4 is 5.69 Å². The van der Waals surface area contributed by atoms with Crippen LogP contribution in [0.15, 0.2) is 30.5 Å². The molecule has 0 aliphatic rings. The Morgan fingerprint density at radius 2 is 1.64 bits per heavy atom. The summed E-state index contributed by atoms with van der Waals surface area (Å²) in [5.74, 6) is 0. The fourth-order valence-corrected chi connectivity index (χ4v) is 2.52. The zero-order chi connectivity index (χ0) is 15.8. The zero-order valence-electron chi connectivity index (χ0n) is 14.1. The molecule has 0 unspecified atom stereocenters. The molecule has 0 saturated heterocycles. The highest BCUT2D eigenvalue weighted by Crippen LogP contribution is 2.20. The highest BCUT2D eigenvalue weighted by atomic mass is 15.4. The summed E-state index contributed by atoms with van der Waals surface area (Å²) < 4.78 is 1.97. The predicted octanol–water partition coefficient (Wildman–Crippen LogP) is 4.37. The SMILES string of the molecule is CCCCCCCCn1cc(-c2ccc(N(C)C)cc2)nn1. The van der Waals surface area contributed by atoms with Crippen molar-refractivity contribution in [2.24, 2.45) is 0 Å². The lowest BCUT2D eigenvalue weighted by atomic mass is 10.1. The predicted molar refractivity (Wildman–Crippen MR) is 93.2 cm³/mol. The fourth-order valence-electron chi connectivity index (χ4n) is 2.52. The van der Waals surface area contributed by atoms with Crippen molar-refractivity contribution in [1.29, 1.82) is 0 Å². The van der Waals surface area contributed by atoms with Gasteiger partial charge >= 0.3 is 0 Å². The second-order valence-electron chi connectivity index (χ2n) is 6.08. The van der Waals surface area contributed by atoms with Crippen molar-refractivity contribution in [2.75, 3.05) is 19.0 Å². The number of hydrogen-bond acceptors (Lipinski definition) is 3. The van der Waals surface area contributed by atoms with Crippen LogP contribution < -0.4 is 4.90 Å². The molecule has 0 fully saturated rings. The summed E-state index contributed by atoms with van der Waals surface area (Å²) in [6.45, 7) is 3.22. The Bertz CT molecular complexity index is 542. The molecule has 0 N–H and O–H groups in total. The molecule has 0 amide bonds. The molecule has 1 heterocycles. The van der Waals surface area contributed by atoms with Gasteiger partial charge in [-0.15, -0.1) is 5.10 Å². The van der Waals surface area contributed by atoms with Gasteiger partial charge in [-0.05, 0) is 18.6 Å². The van der Waals surface area contributed by atoms with Gasteiger partial charge < -0.3 is 4.90 Å². The van der Waals surface area contributed by atoms with Crippen LogP contribution in [0.5, 0.6) is 0 Å². The van der Waals surface area contributed by atoms with E-state index in [2.05, 4.69) is 52.6 Å². The first-order chi connectivity index (χ1) is 10.7. The summed E-state index contributed by atoms with van der Waals surface area (Å²) in [4.78, 5) is 2.10. The van der Waals surface area contributed by atoms with Crippen molar-refractivity contribution in [3.8, 4) is 11.3 Å². The first kappa shape index (κ1) is 16.5. The van der Waals surface area contributed by atoms with Gasteiger partial charge in [-0.1, -0.05) is 56.4 Å². The Morgan fingerprint density at radius 3 is 2.32 bits per heavy atom. The average molecular weight is 300 g/mol. The maximum absolute atomic E-state index is 4.29. The molecule has 0 aliphatic carbocycles. The summed E-state index contributed by atoms with van der Waals surface area (Å²) in [7, 11) is 4.09. The molecule has 2 aromatic rings. The van der Waals surface area contributed by atoms with Crippen molar-refractivity contribution in [3.63, 3.8) is 0 Å². The van der Waals surface area contributed by atoms with Gasteiger partial charge in [-0.3, -0.25) is 4.68 Å². The van der Waals surface area contributed by atoms with Crippen LogP contribution in [0.4, 0.5) is 5.69 Å². The van der Waals surface area contributed by atoms with Gasteiger partial charge in [0, 0.05) is 31.9 Å². The quantitative estimate of drug-likeness (QED) is 0.645. The summed E-state index contributed by atoms with van der Waals surface area (Å²) in [6, 6.07) is 8.44. The monoisotopic (exact) mass is 300 g/mol. The van der Waals surface area contributed by atoms with Gasteiger partial charge in [0.1, 0.15) is 5.69 Å². The van der Waals surface area contributed by atoms with E-state index in [-0.39, 0.29) is 0 Å². The molecule has 0 aliphatic heterocycles. The maximum atomic E-state index is 4.29. The normalized spacial score (nSPS) is 10.9. The zero-order valence-corrected chi connectivity index (χ0v) is 14.1. The lowest BCUT2D eigenvalue weighted by Gasteiger charge is -2.11. The van der Waals surface area contributed by atoms with Crippen LogP contribution in [0.1, 0.15) is 45.4 Å². The number of anilines is 1. The Kier molecular flexibility index (Phi) is 6.44. The smallest absolute Gasteiger partial charge is 0.113 e. The van der Waals surface area contributed by atoms with Crippen LogP contribution in [-0.2, 0) is 6.54 Å². The molecule has 1 aromatic heterocycles. The Hall–Kier alpha value is -1.84. The van der Waals surface area contributed by atoms with Crippen molar-refractivity contribution in [3.05, 3.63) is 30.5 Å². The van der Waals surface area contributed by atoms with Gasteiger partial charge in [0.25, 0.3) is 0 Å². The molecule has 0 bridgehead atoms. The van der Waals surface area contributed by atoms with E-state index in [1.54, 1.807) is 0 Å². The third kappa shape index (κ3) is 4.86. The number of rotatable bonds is 9. The molecule has 0 atom stereocenters. The third-order valence-electron chi connectivity index (χ3n) is 3.96. The van der Waals surface area contributed by atoms with Crippen LogP contribution in [0.25, 0.3) is 11.3 Å². The maximum Gasteiger partial charge on any atom is 0.113 e. The summed E-state index contributed by atoms with van der Waals surface area (Å²) in [6.07, 6.45) is 9.88. The molecule has 4 heteroatoms. The lowest BCUT2D eigenvalue weighted by molar-refractivity contribution is 0.516. The minimum absolute atomic E-state index is 0.955. The van der Waals surface area contributed by atoms with Gasteiger partial charge in [0.15, 0.2) is 0 Å². The van der Waals surface area contributed by atoms with Crippen LogP contribution in [0.3, 0.4) is 0 Å². The highest BCUT2D eigenvalue weighted by molar-refractivity contribution is 5.61. The Labute approximate surface area is 134 Å². The topological polar surface area (TPSA) is 34.0 Å². The summed E-state index contributed by atoms with van der Waals surface area (Å²) in [5.41, 5.74) is 3.28. The molecule has 0 saturated carbocycles. The van der Waals surface area contributed by atoms with E-state index >= 15 is 0 Å². The number of hydrogen-bond donors (Lipinski definition) is 0. The summed E-state index contributed by atoms with van der Waals surface area (Å²) in [5, 5.41) is 8.53. The minimum Gasteiger partial charge on any atom is -0.378 e. The van der Waals surface area contributed by atoms with Crippen LogP contribution in [0.2, 0.25) is 0 Å². The van der Waals surface area contributed by atoms with E-state index in [0.717, 1.165) is 17.8 Å². The molecular formula is C18H28N4. The van der Waals surface area contributed by atoms with Crippen LogP contribution in [-0.4, -0.2) is 29.1 Å². The van der Waals surface area contributed by atoms with Gasteiger partial charge in [-0.25, -0.2) is 0 Å². The molecular weight excluding hydrogens is 272 g/mol. The largest absolute Gasteiger partial charge is 0.378 e. The number of aryl methyl sites for hydroxylation is 1. The van der Waals surface area contributed by atoms with E-state index in [1.807, 2.05) is 18.8 Å². The Balaban J connectivity index is 1.83. The van der Waals surface area contributed by atoms with E-state index in [0.29, 0.717) is 0 Å². The molecule has 22 heavy (non-hydrogen) atoms. The molecule has 4 nitrogen and oxygen atoms in total. The second-order valence-corrected chi connectivity index (χ2v) is 6.08. The first-order valence-corrected chi connectivity index (χ1v) is 8.38. The standard InChI is InChI=1S/C18H28N4/c1-4-5-6-7-8-9-14-22-15-18(19-20-22)16-10-12-17(13-11-16)21(2)3/h10-13,15H,4-9,14H2,1-3H3. The number of unbranched alkanes of at least 4 members (excludes halogenated alkanes) is 5. The van der Waals surface area contributed by atoms with Crippen LogP contribution in [0, 0.1) is 0 Å². The number of benzene rings is 1. The lowest BCUT2D eigenvalue weighted by Crippen LogP contribution is -2.07. The van der Waals surface area contributed by atoms with Gasteiger partial charge in [0.05, 0.1) is 6.20 Å². The second kappa shape index (κ2) is 8.57. The van der Waals surface area contributed by atoms with Crippen molar-refractivity contribution in [1.82, 2.24) is 15.0 Å². The summed E-state index contributed by atoms with van der Waals surface area (Å²) >= 11 is 0. The van der Waals surface area contributed by atoms with Gasteiger partial charge in [-0.2, -0.15) is 0 Å². The van der Waals surface area contributed by atoms with Gasteiger partial charge in [0.2, 0.25) is 0 Å². The highest BCUT2D eigenvalue weighted by Gasteiger charge is 2.04. The van der Waals surface area contributed by atoms with E-state index in [1.165, 1.54) is 44.2 Å². The molecule has 2 rings (SSSR count).